The third-order valence-electron chi connectivity index (χ3n) is 2.59. The Morgan fingerprint density at radius 2 is 2.11 bits per heavy atom. The first-order chi connectivity index (χ1) is 8.60. The van der Waals surface area contributed by atoms with Crippen molar-refractivity contribution in [2.45, 2.75) is 20.0 Å². The van der Waals surface area contributed by atoms with E-state index in [1.807, 2.05) is 26.0 Å². The Morgan fingerprint density at radius 1 is 1.33 bits per heavy atom. The molecule has 0 bridgehead atoms. The second kappa shape index (κ2) is 5.31. The van der Waals surface area contributed by atoms with Gasteiger partial charge >= 0.3 is 0 Å². The summed E-state index contributed by atoms with van der Waals surface area (Å²) in [6.07, 6.45) is -0.151. The molecule has 1 heterocycles. The first-order valence-electron chi connectivity index (χ1n) is 5.82. The molecule has 0 aliphatic heterocycles. The number of aryl methyl sites for hydroxylation is 1. The fourth-order valence-corrected chi connectivity index (χ4v) is 1.84. The summed E-state index contributed by atoms with van der Waals surface area (Å²) in [7, 11) is 1.60. The van der Waals surface area contributed by atoms with E-state index < -0.39 is 0 Å². The molecule has 0 aliphatic rings. The highest BCUT2D eigenvalue weighted by atomic mass is 19.1. The van der Waals surface area contributed by atoms with Gasteiger partial charge in [-0.05, 0) is 26.0 Å². The molecular weight excluding hydrogens is 233 g/mol. The van der Waals surface area contributed by atoms with E-state index in [9.17, 15) is 4.39 Å². The van der Waals surface area contributed by atoms with Gasteiger partial charge in [0, 0.05) is 24.3 Å². The van der Waals surface area contributed by atoms with Crippen molar-refractivity contribution in [1.82, 2.24) is 4.98 Å². The number of fused-ring (bicyclic) bond motifs is 1. The molecule has 0 amide bonds. The number of aromatic nitrogens is 1. The van der Waals surface area contributed by atoms with E-state index in [0.29, 0.717) is 17.9 Å². The number of rotatable bonds is 4. The van der Waals surface area contributed by atoms with Crippen molar-refractivity contribution in [3.63, 3.8) is 0 Å². The van der Waals surface area contributed by atoms with E-state index in [0.717, 1.165) is 11.1 Å². The van der Waals surface area contributed by atoms with Crippen LogP contribution in [0.3, 0.4) is 0 Å². The van der Waals surface area contributed by atoms with Gasteiger partial charge in [0.1, 0.15) is 23.2 Å². The van der Waals surface area contributed by atoms with Crippen LogP contribution in [0.25, 0.3) is 10.9 Å². The summed E-state index contributed by atoms with van der Waals surface area (Å²) >= 11 is 0. The lowest BCUT2D eigenvalue weighted by Gasteiger charge is -2.15. The molecule has 1 aromatic heterocycles. The number of nitrogens with zero attached hydrogens (tertiary/aromatic N) is 1. The Labute approximate surface area is 106 Å². The van der Waals surface area contributed by atoms with Crippen LogP contribution in [0, 0.1) is 12.7 Å². The van der Waals surface area contributed by atoms with Crippen LogP contribution in [-0.4, -0.2) is 24.8 Å². The van der Waals surface area contributed by atoms with Crippen LogP contribution < -0.4 is 4.74 Å². The van der Waals surface area contributed by atoms with Gasteiger partial charge < -0.3 is 9.47 Å². The third-order valence-corrected chi connectivity index (χ3v) is 2.59. The molecule has 1 aromatic carbocycles. The Kier molecular flexibility index (Phi) is 3.77. The van der Waals surface area contributed by atoms with Gasteiger partial charge in [-0.1, -0.05) is 6.07 Å². The molecule has 0 fully saturated rings. The van der Waals surface area contributed by atoms with Crippen LogP contribution in [0.15, 0.2) is 24.3 Å². The molecule has 18 heavy (non-hydrogen) atoms. The number of halogens is 1. The predicted molar refractivity (Wildman–Crippen MR) is 68.4 cm³/mol. The second-order valence-corrected chi connectivity index (χ2v) is 4.31. The van der Waals surface area contributed by atoms with Crippen LogP contribution in [0.4, 0.5) is 4.39 Å². The number of benzene rings is 1. The minimum atomic E-state index is -0.326. The van der Waals surface area contributed by atoms with E-state index >= 15 is 0 Å². The first kappa shape index (κ1) is 12.8. The van der Waals surface area contributed by atoms with Crippen molar-refractivity contribution < 1.29 is 13.9 Å². The number of pyridine rings is 1. The Balaban J connectivity index is 2.44. The quantitative estimate of drug-likeness (QED) is 0.834. The lowest BCUT2D eigenvalue weighted by atomic mass is 10.2. The molecule has 0 saturated carbocycles. The summed E-state index contributed by atoms with van der Waals surface area (Å²) in [5.74, 6) is 0.131. The van der Waals surface area contributed by atoms with Crippen LogP contribution in [-0.2, 0) is 4.74 Å². The second-order valence-electron chi connectivity index (χ2n) is 4.31. The standard InChI is InChI=1S/C14H16FNO2/c1-9-4-5-11-6-12(15)7-13(14(11)16-9)18-10(2)8-17-3/h4-7,10H,8H2,1-3H3/t10-/m1/s1. The van der Waals surface area contributed by atoms with Gasteiger partial charge in [-0.2, -0.15) is 0 Å². The average molecular weight is 249 g/mol. The molecule has 96 valence electrons. The van der Waals surface area contributed by atoms with Crippen molar-refractivity contribution >= 4 is 10.9 Å². The molecule has 0 unspecified atom stereocenters. The third kappa shape index (κ3) is 2.76. The van der Waals surface area contributed by atoms with Crippen molar-refractivity contribution in [2.75, 3.05) is 13.7 Å². The van der Waals surface area contributed by atoms with Gasteiger partial charge in [0.15, 0.2) is 0 Å². The zero-order valence-electron chi connectivity index (χ0n) is 10.7. The van der Waals surface area contributed by atoms with Gasteiger partial charge in [0.05, 0.1) is 6.61 Å². The number of ether oxygens (including phenoxy) is 2. The molecule has 0 spiro atoms. The normalized spacial score (nSPS) is 12.7. The van der Waals surface area contributed by atoms with Crippen LogP contribution >= 0.6 is 0 Å². The van der Waals surface area contributed by atoms with Gasteiger partial charge in [0.2, 0.25) is 0 Å². The van der Waals surface area contributed by atoms with E-state index in [1.54, 1.807) is 7.11 Å². The maximum absolute atomic E-state index is 13.5. The Hall–Kier alpha value is -1.68. The molecule has 2 aromatic rings. The Bertz CT molecular complexity index is 557. The number of methoxy groups -OCH3 is 1. The van der Waals surface area contributed by atoms with E-state index in [2.05, 4.69) is 4.98 Å². The lowest BCUT2D eigenvalue weighted by molar-refractivity contribution is 0.0927. The summed E-state index contributed by atoms with van der Waals surface area (Å²) in [6, 6.07) is 6.51. The zero-order chi connectivity index (χ0) is 13.1. The molecular formula is C14H16FNO2. The predicted octanol–water partition coefficient (Wildman–Crippen LogP) is 3.10. The van der Waals surface area contributed by atoms with Crippen molar-refractivity contribution in [2.24, 2.45) is 0 Å². The number of hydrogen-bond donors (Lipinski definition) is 0. The summed E-state index contributed by atoms with van der Waals surface area (Å²) in [6.45, 7) is 4.21. The molecule has 0 saturated heterocycles. The largest absolute Gasteiger partial charge is 0.486 e. The lowest BCUT2D eigenvalue weighted by Crippen LogP contribution is -2.18. The maximum Gasteiger partial charge on any atom is 0.148 e. The molecule has 0 radical (unpaired) electrons. The fraction of sp³-hybridized carbons (Fsp3) is 0.357. The van der Waals surface area contributed by atoms with E-state index in [-0.39, 0.29) is 11.9 Å². The van der Waals surface area contributed by atoms with Crippen molar-refractivity contribution in [3.05, 3.63) is 35.8 Å². The molecule has 3 nitrogen and oxygen atoms in total. The average Bonchev–Trinajstić information content (AvgIpc) is 2.30. The van der Waals surface area contributed by atoms with E-state index in [1.165, 1.54) is 12.1 Å². The van der Waals surface area contributed by atoms with E-state index in [4.69, 9.17) is 9.47 Å². The summed E-state index contributed by atoms with van der Waals surface area (Å²) in [5, 5.41) is 0.736. The summed E-state index contributed by atoms with van der Waals surface area (Å²) in [5.41, 5.74) is 1.55. The van der Waals surface area contributed by atoms with Crippen LogP contribution in [0.1, 0.15) is 12.6 Å². The number of hydrogen-bond acceptors (Lipinski definition) is 3. The van der Waals surface area contributed by atoms with Gasteiger partial charge in [-0.25, -0.2) is 9.37 Å². The molecule has 1 atom stereocenters. The fourth-order valence-electron chi connectivity index (χ4n) is 1.84. The monoisotopic (exact) mass is 249 g/mol. The van der Waals surface area contributed by atoms with Crippen molar-refractivity contribution in [3.8, 4) is 5.75 Å². The molecule has 4 heteroatoms. The Morgan fingerprint density at radius 3 is 2.83 bits per heavy atom. The zero-order valence-corrected chi connectivity index (χ0v) is 10.7. The minimum absolute atomic E-state index is 0.151. The first-order valence-corrected chi connectivity index (χ1v) is 5.82. The smallest absolute Gasteiger partial charge is 0.148 e. The molecule has 0 N–H and O–H groups in total. The van der Waals surface area contributed by atoms with Gasteiger partial charge in [-0.15, -0.1) is 0 Å². The topological polar surface area (TPSA) is 31.4 Å². The molecule has 0 aliphatic carbocycles. The van der Waals surface area contributed by atoms with Crippen LogP contribution in [0.5, 0.6) is 5.75 Å². The van der Waals surface area contributed by atoms with Crippen LogP contribution in [0.2, 0.25) is 0 Å². The highest BCUT2D eigenvalue weighted by Gasteiger charge is 2.10. The van der Waals surface area contributed by atoms with Gasteiger partial charge in [-0.3, -0.25) is 0 Å². The highest BCUT2D eigenvalue weighted by molar-refractivity contribution is 5.84. The molecule has 2 rings (SSSR count). The maximum atomic E-state index is 13.5. The summed E-state index contributed by atoms with van der Waals surface area (Å²) < 4.78 is 24.2. The van der Waals surface area contributed by atoms with Gasteiger partial charge in [0.25, 0.3) is 0 Å². The SMILES string of the molecule is COC[C@@H](C)Oc1cc(F)cc2ccc(C)nc12. The summed E-state index contributed by atoms with van der Waals surface area (Å²) in [4.78, 5) is 4.40. The van der Waals surface area contributed by atoms with Crippen molar-refractivity contribution in [1.29, 1.82) is 0 Å². The minimum Gasteiger partial charge on any atom is -0.486 e. The highest BCUT2D eigenvalue weighted by Crippen LogP contribution is 2.26.